The second-order valence-corrected chi connectivity index (χ2v) is 8.70. The van der Waals surface area contributed by atoms with Gasteiger partial charge in [0, 0.05) is 51.3 Å². The van der Waals surface area contributed by atoms with Crippen LogP contribution in [-0.4, -0.2) is 76.1 Å². The largest absolute Gasteiger partial charge is 0.490 e. The molecule has 0 atom stereocenters. The minimum atomic E-state index is -0.942. The first kappa shape index (κ1) is 24.0. The smallest absolute Gasteiger partial charge is 0.407 e. The lowest BCUT2D eigenvalue weighted by Gasteiger charge is -2.32. The summed E-state index contributed by atoms with van der Waals surface area (Å²) in [5.41, 5.74) is 1.22. The van der Waals surface area contributed by atoms with E-state index < -0.39 is 6.09 Å². The van der Waals surface area contributed by atoms with E-state index in [1.165, 1.54) is 11.1 Å². The van der Waals surface area contributed by atoms with E-state index in [1.807, 2.05) is 0 Å². The molecule has 0 spiro atoms. The van der Waals surface area contributed by atoms with E-state index in [-0.39, 0.29) is 29.7 Å². The molecule has 10 nitrogen and oxygen atoms in total. The monoisotopic (exact) mass is 477 g/mol. The van der Waals surface area contributed by atoms with Crippen LogP contribution in [0.4, 0.5) is 4.79 Å². The number of nitrogens with zero attached hydrogens (tertiary/aromatic N) is 4. The van der Waals surface area contributed by atoms with Gasteiger partial charge in [0.05, 0.1) is 17.2 Å². The summed E-state index contributed by atoms with van der Waals surface area (Å²) in [6.07, 6.45) is 2.95. The van der Waals surface area contributed by atoms with Crippen LogP contribution < -0.4 is 10.1 Å². The first-order chi connectivity index (χ1) is 16.9. The highest BCUT2D eigenvalue weighted by Crippen LogP contribution is 2.20. The lowest BCUT2D eigenvalue weighted by molar-refractivity contribution is 0.0589. The fourth-order valence-electron chi connectivity index (χ4n) is 4.28. The molecule has 2 N–H and O–H groups in total. The number of piperidine rings is 2. The topological polar surface area (TPSA) is 136 Å². The summed E-state index contributed by atoms with van der Waals surface area (Å²) < 4.78 is 5.97. The van der Waals surface area contributed by atoms with Gasteiger partial charge < -0.3 is 25.0 Å². The van der Waals surface area contributed by atoms with Crippen molar-refractivity contribution in [1.82, 2.24) is 20.1 Å². The van der Waals surface area contributed by atoms with Crippen LogP contribution in [0, 0.1) is 11.3 Å². The van der Waals surface area contributed by atoms with Gasteiger partial charge in [0.25, 0.3) is 11.8 Å². The van der Waals surface area contributed by atoms with E-state index in [9.17, 15) is 14.4 Å². The second-order valence-electron chi connectivity index (χ2n) is 8.70. The molecule has 0 radical (unpaired) electrons. The lowest BCUT2D eigenvalue weighted by atomic mass is 10.0. The summed E-state index contributed by atoms with van der Waals surface area (Å²) in [6.45, 7) is 1.86. The van der Waals surface area contributed by atoms with Gasteiger partial charge >= 0.3 is 6.09 Å². The molecule has 0 saturated carbocycles. The molecule has 2 saturated heterocycles. The average Bonchev–Trinajstić information content (AvgIpc) is 2.89. The highest BCUT2D eigenvalue weighted by molar-refractivity contribution is 5.96. The normalized spacial score (nSPS) is 16.9. The number of benzene rings is 1. The Hall–Kier alpha value is -4.13. The average molecular weight is 478 g/mol. The second kappa shape index (κ2) is 10.9. The predicted molar refractivity (Wildman–Crippen MR) is 125 cm³/mol. The third kappa shape index (κ3) is 6.06. The number of likely N-dealkylation sites (tertiary alicyclic amines) is 2. The van der Waals surface area contributed by atoms with Crippen LogP contribution in [0.15, 0.2) is 42.6 Å². The third-order valence-electron chi connectivity index (χ3n) is 6.36. The first-order valence-electron chi connectivity index (χ1n) is 11.6. The van der Waals surface area contributed by atoms with Gasteiger partial charge in [-0.15, -0.1) is 0 Å². The Bertz CT molecular complexity index is 1100. The Morgan fingerprint density at radius 1 is 0.971 bits per heavy atom. The lowest BCUT2D eigenvalue weighted by Crippen LogP contribution is -2.46. The number of pyridine rings is 1. The van der Waals surface area contributed by atoms with Crippen molar-refractivity contribution in [3.05, 3.63) is 59.4 Å². The molecule has 1 aromatic heterocycles. The molecule has 182 valence electrons. The van der Waals surface area contributed by atoms with Gasteiger partial charge in [-0.25, -0.2) is 4.79 Å². The standard InChI is InChI=1S/C25H27N5O5/c26-15-17-1-4-20(5-2-17)35-21-9-13-29(14-10-21)24(32)22-6-3-18(16-27-22)23(31)28-19-7-11-30(12-8-19)25(33)34/h1-6,16,19,21H,7-14H2,(H,28,31)(H,33,34). The number of hydrogen-bond donors (Lipinski definition) is 2. The van der Waals surface area contributed by atoms with Crippen LogP contribution >= 0.6 is 0 Å². The Morgan fingerprint density at radius 2 is 1.63 bits per heavy atom. The molecule has 3 amide bonds. The van der Waals surface area contributed by atoms with Crippen molar-refractivity contribution < 1.29 is 24.2 Å². The molecule has 2 aromatic rings. The molecule has 0 bridgehead atoms. The number of nitriles is 1. The van der Waals surface area contributed by atoms with Gasteiger partial charge in [0.15, 0.2) is 0 Å². The predicted octanol–water partition coefficient (Wildman–Crippen LogP) is 2.51. The van der Waals surface area contributed by atoms with Gasteiger partial charge in [-0.2, -0.15) is 5.26 Å². The van der Waals surface area contributed by atoms with Crippen molar-refractivity contribution >= 4 is 17.9 Å². The summed E-state index contributed by atoms with van der Waals surface area (Å²) in [5.74, 6) is 0.234. The summed E-state index contributed by atoms with van der Waals surface area (Å²) in [7, 11) is 0. The minimum Gasteiger partial charge on any atom is -0.490 e. The zero-order chi connectivity index (χ0) is 24.8. The van der Waals surface area contributed by atoms with Gasteiger partial charge in [0.1, 0.15) is 17.5 Å². The molecule has 3 heterocycles. The van der Waals surface area contributed by atoms with E-state index >= 15 is 0 Å². The van der Waals surface area contributed by atoms with Gasteiger partial charge in [-0.1, -0.05) is 0 Å². The molecule has 2 fully saturated rings. The molecule has 4 rings (SSSR count). The quantitative estimate of drug-likeness (QED) is 0.675. The van der Waals surface area contributed by atoms with Crippen LogP contribution in [-0.2, 0) is 0 Å². The molecule has 0 aliphatic carbocycles. The van der Waals surface area contributed by atoms with Crippen molar-refractivity contribution in [3.63, 3.8) is 0 Å². The molecule has 10 heteroatoms. The maximum Gasteiger partial charge on any atom is 0.407 e. The van der Waals surface area contributed by atoms with Crippen LogP contribution in [0.2, 0.25) is 0 Å². The Balaban J connectivity index is 1.24. The number of hydrogen-bond acceptors (Lipinski definition) is 6. The number of ether oxygens (including phenoxy) is 1. The third-order valence-corrected chi connectivity index (χ3v) is 6.36. The Labute approximate surface area is 203 Å². The van der Waals surface area contributed by atoms with E-state index in [0.29, 0.717) is 68.7 Å². The van der Waals surface area contributed by atoms with Crippen molar-refractivity contribution in [2.45, 2.75) is 37.8 Å². The van der Waals surface area contributed by atoms with Crippen molar-refractivity contribution in [3.8, 4) is 11.8 Å². The molecular weight excluding hydrogens is 450 g/mol. The van der Waals surface area contributed by atoms with Gasteiger partial charge in [-0.05, 0) is 49.2 Å². The number of rotatable bonds is 5. The molecule has 0 unspecified atom stereocenters. The molecule has 1 aromatic carbocycles. The van der Waals surface area contributed by atoms with Crippen LogP contribution in [0.1, 0.15) is 52.1 Å². The first-order valence-corrected chi connectivity index (χ1v) is 11.6. The molecular formula is C25H27N5O5. The number of amides is 3. The highest BCUT2D eigenvalue weighted by atomic mass is 16.5. The van der Waals surface area contributed by atoms with Crippen molar-refractivity contribution in [2.75, 3.05) is 26.2 Å². The number of nitrogens with one attached hydrogen (secondary N) is 1. The van der Waals surface area contributed by atoms with Crippen LogP contribution in [0.5, 0.6) is 5.75 Å². The summed E-state index contributed by atoms with van der Waals surface area (Å²) in [4.78, 5) is 43.7. The SMILES string of the molecule is N#Cc1ccc(OC2CCN(C(=O)c3ccc(C(=O)NC4CCN(C(=O)O)CC4)cn3)CC2)cc1. The number of carbonyl (C=O) groups excluding carboxylic acids is 2. The van der Waals surface area contributed by atoms with E-state index in [0.717, 1.165) is 0 Å². The van der Waals surface area contributed by atoms with Gasteiger partial charge in [0.2, 0.25) is 0 Å². The molecule has 2 aliphatic rings. The minimum absolute atomic E-state index is 0.00613. The number of aromatic nitrogens is 1. The van der Waals surface area contributed by atoms with E-state index in [4.69, 9.17) is 15.1 Å². The van der Waals surface area contributed by atoms with Crippen LogP contribution in [0.3, 0.4) is 0 Å². The zero-order valence-corrected chi connectivity index (χ0v) is 19.2. The maximum atomic E-state index is 12.9. The fraction of sp³-hybridized carbons (Fsp3) is 0.400. The van der Waals surface area contributed by atoms with Crippen molar-refractivity contribution in [1.29, 1.82) is 5.26 Å². The summed E-state index contributed by atoms with van der Waals surface area (Å²) in [5, 5.41) is 20.8. The van der Waals surface area contributed by atoms with E-state index in [2.05, 4.69) is 16.4 Å². The van der Waals surface area contributed by atoms with E-state index in [1.54, 1.807) is 41.3 Å². The number of carbonyl (C=O) groups is 3. The maximum absolute atomic E-state index is 12.9. The number of carboxylic acid groups (broad SMARTS) is 1. The van der Waals surface area contributed by atoms with Crippen molar-refractivity contribution in [2.24, 2.45) is 0 Å². The highest BCUT2D eigenvalue weighted by Gasteiger charge is 2.26. The van der Waals surface area contributed by atoms with Gasteiger partial charge in [-0.3, -0.25) is 14.6 Å². The zero-order valence-electron chi connectivity index (χ0n) is 19.2. The Kier molecular flexibility index (Phi) is 7.45. The molecule has 2 aliphatic heterocycles. The summed E-state index contributed by atoms with van der Waals surface area (Å²) >= 11 is 0. The molecule has 35 heavy (non-hydrogen) atoms. The summed E-state index contributed by atoms with van der Waals surface area (Å²) in [6, 6.07) is 12.1. The van der Waals surface area contributed by atoms with Crippen LogP contribution in [0.25, 0.3) is 0 Å². The Morgan fingerprint density at radius 3 is 2.20 bits per heavy atom. The fourth-order valence-corrected chi connectivity index (χ4v) is 4.28.